The van der Waals surface area contributed by atoms with Gasteiger partial charge in [0.1, 0.15) is 0 Å². The van der Waals surface area contributed by atoms with Gasteiger partial charge in [-0.25, -0.2) is 0 Å². The first-order chi connectivity index (χ1) is 11.6. The summed E-state index contributed by atoms with van der Waals surface area (Å²) in [5.74, 6) is 0.857. The van der Waals surface area contributed by atoms with Gasteiger partial charge in [0, 0.05) is 19.8 Å². The second-order valence-electron chi connectivity index (χ2n) is 5.34. The zero-order chi connectivity index (χ0) is 17.1. The van der Waals surface area contributed by atoms with Crippen LogP contribution >= 0.6 is 23.1 Å². The summed E-state index contributed by atoms with van der Waals surface area (Å²) in [5, 5.41) is 11.0. The lowest BCUT2D eigenvalue weighted by Gasteiger charge is -2.20. The molecule has 0 aliphatic carbocycles. The quantitative estimate of drug-likeness (QED) is 0.653. The van der Waals surface area contributed by atoms with Crippen LogP contribution in [0.25, 0.3) is 10.7 Å². The first-order valence-corrected chi connectivity index (χ1v) is 9.26. The highest BCUT2D eigenvalue weighted by Gasteiger charge is 2.23. The highest BCUT2D eigenvalue weighted by molar-refractivity contribution is 8.00. The molecule has 0 radical (unpaired) electrons. The third kappa shape index (κ3) is 3.37. The van der Waals surface area contributed by atoms with Gasteiger partial charge >= 0.3 is 0 Å². The van der Waals surface area contributed by atoms with Crippen molar-refractivity contribution < 1.29 is 4.79 Å². The van der Waals surface area contributed by atoms with Crippen molar-refractivity contribution in [3.63, 3.8) is 0 Å². The minimum atomic E-state index is -0.255. The van der Waals surface area contributed by atoms with Crippen LogP contribution in [0.3, 0.4) is 0 Å². The summed E-state index contributed by atoms with van der Waals surface area (Å²) in [7, 11) is 3.72. The number of hydrogen-bond donors (Lipinski definition) is 0. The average molecular weight is 358 g/mol. The Morgan fingerprint density at radius 2 is 1.96 bits per heavy atom. The summed E-state index contributed by atoms with van der Waals surface area (Å²) in [4.78, 5) is 15.4. The number of anilines is 1. The maximum Gasteiger partial charge on any atom is 0.240 e. The number of aromatic nitrogens is 3. The third-order valence-corrected chi connectivity index (χ3v) is 5.67. The molecule has 7 heteroatoms. The normalized spacial score (nSPS) is 12.1. The molecule has 1 unspecified atom stereocenters. The van der Waals surface area contributed by atoms with Gasteiger partial charge in [-0.2, -0.15) is 0 Å². The molecule has 0 aliphatic heterocycles. The summed E-state index contributed by atoms with van der Waals surface area (Å²) in [6.07, 6.45) is 0. The first kappa shape index (κ1) is 16.7. The van der Waals surface area contributed by atoms with E-state index < -0.39 is 0 Å². The second kappa shape index (κ2) is 7.19. The van der Waals surface area contributed by atoms with Crippen molar-refractivity contribution >= 4 is 34.7 Å². The monoisotopic (exact) mass is 358 g/mol. The molecule has 24 heavy (non-hydrogen) atoms. The van der Waals surface area contributed by atoms with E-state index in [0.29, 0.717) is 0 Å². The summed E-state index contributed by atoms with van der Waals surface area (Å²) < 4.78 is 1.93. The van der Waals surface area contributed by atoms with Gasteiger partial charge in [0.15, 0.2) is 11.0 Å². The van der Waals surface area contributed by atoms with E-state index in [-0.39, 0.29) is 11.2 Å². The Morgan fingerprint density at radius 1 is 1.21 bits per heavy atom. The predicted octanol–water partition coefficient (Wildman–Crippen LogP) is 3.69. The number of hydrogen-bond acceptors (Lipinski definition) is 5. The van der Waals surface area contributed by atoms with Crippen LogP contribution in [0.1, 0.15) is 6.92 Å². The van der Waals surface area contributed by atoms with Gasteiger partial charge in [-0.05, 0) is 30.5 Å². The van der Waals surface area contributed by atoms with Gasteiger partial charge in [0.2, 0.25) is 5.91 Å². The van der Waals surface area contributed by atoms with Crippen LogP contribution in [-0.4, -0.2) is 33.0 Å². The van der Waals surface area contributed by atoms with Crippen molar-refractivity contribution in [1.29, 1.82) is 0 Å². The van der Waals surface area contributed by atoms with Crippen molar-refractivity contribution in [2.24, 2.45) is 7.05 Å². The average Bonchev–Trinajstić information content (AvgIpc) is 3.25. The van der Waals surface area contributed by atoms with Crippen molar-refractivity contribution in [3.05, 3.63) is 47.8 Å². The molecular weight excluding hydrogens is 340 g/mol. The van der Waals surface area contributed by atoms with E-state index in [1.165, 1.54) is 11.8 Å². The maximum absolute atomic E-state index is 12.6. The molecule has 2 aromatic heterocycles. The smallest absolute Gasteiger partial charge is 0.240 e. The molecule has 1 amide bonds. The number of thioether (sulfide) groups is 1. The fourth-order valence-corrected chi connectivity index (χ4v) is 3.95. The highest BCUT2D eigenvalue weighted by Crippen LogP contribution is 2.29. The highest BCUT2D eigenvalue weighted by atomic mass is 32.2. The van der Waals surface area contributed by atoms with E-state index in [2.05, 4.69) is 10.2 Å². The van der Waals surface area contributed by atoms with E-state index in [0.717, 1.165) is 21.5 Å². The Bertz CT molecular complexity index is 815. The Balaban J connectivity index is 1.73. The van der Waals surface area contributed by atoms with Crippen LogP contribution in [0.5, 0.6) is 0 Å². The third-order valence-electron chi connectivity index (χ3n) is 3.68. The van der Waals surface area contributed by atoms with Gasteiger partial charge in [0.25, 0.3) is 0 Å². The lowest BCUT2D eigenvalue weighted by atomic mass is 10.3. The molecule has 0 saturated carbocycles. The molecule has 0 saturated heterocycles. The van der Waals surface area contributed by atoms with Gasteiger partial charge in [-0.1, -0.05) is 36.0 Å². The molecule has 124 valence electrons. The molecule has 3 rings (SSSR count). The number of benzene rings is 1. The summed E-state index contributed by atoms with van der Waals surface area (Å²) in [6, 6.07) is 13.6. The number of amides is 1. The van der Waals surface area contributed by atoms with Crippen LogP contribution < -0.4 is 4.90 Å². The van der Waals surface area contributed by atoms with E-state index in [4.69, 9.17) is 0 Å². The minimum absolute atomic E-state index is 0.0341. The molecule has 3 aromatic rings. The summed E-state index contributed by atoms with van der Waals surface area (Å²) >= 11 is 3.05. The molecule has 0 aliphatic rings. The van der Waals surface area contributed by atoms with Crippen molar-refractivity contribution in [1.82, 2.24) is 14.8 Å². The molecule has 1 aromatic carbocycles. The minimum Gasteiger partial charge on any atom is -0.315 e. The number of nitrogens with zero attached hydrogens (tertiary/aromatic N) is 4. The van der Waals surface area contributed by atoms with Gasteiger partial charge in [-0.3, -0.25) is 4.79 Å². The van der Waals surface area contributed by atoms with Crippen molar-refractivity contribution in [3.8, 4) is 10.7 Å². The number of thiophene rings is 1. The zero-order valence-corrected chi connectivity index (χ0v) is 15.3. The van der Waals surface area contributed by atoms with Crippen LogP contribution in [0.4, 0.5) is 5.69 Å². The number of carbonyl (C=O) groups is 1. The predicted molar refractivity (Wildman–Crippen MR) is 99.5 cm³/mol. The van der Waals surface area contributed by atoms with Crippen LogP contribution in [-0.2, 0) is 11.8 Å². The van der Waals surface area contributed by atoms with Crippen LogP contribution in [0.2, 0.25) is 0 Å². The van der Waals surface area contributed by atoms with E-state index in [9.17, 15) is 4.79 Å². The SMILES string of the molecule is CC(Sc1nnc(-c2cccs2)n1C)C(=O)N(C)c1ccccc1. The van der Waals surface area contributed by atoms with Gasteiger partial charge < -0.3 is 9.47 Å². The Morgan fingerprint density at radius 3 is 2.62 bits per heavy atom. The largest absolute Gasteiger partial charge is 0.315 e. The molecule has 1 atom stereocenters. The standard InChI is InChI=1S/C17H18N4OS2/c1-12(16(22)20(2)13-8-5-4-6-9-13)24-17-19-18-15(21(17)3)14-10-7-11-23-14/h4-12H,1-3H3. The van der Waals surface area contributed by atoms with Crippen LogP contribution in [0, 0.1) is 0 Å². The molecule has 0 spiro atoms. The molecule has 0 fully saturated rings. The van der Waals surface area contributed by atoms with Gasteiger partial charge in [0.05, 0.1) is 10.1 Å². The zero-order valence-electron chi connectivity index (χ0n) is 13.7. The molecule has 0 bridgehead atoms. The van der Waals surface area contributed by atoms with Crippen molar-refractivity contribution in [2.45, 2.75) is 17.3 Å². The van der Waals surface area contributed by atoms with Crippen molar-refractivity contribution in [2.75, 3.05) is 11.9 Å². The topological polar surface area (TPSA) is 51.0 Å². The lowest BCUT2D eigenvalue weighted by molar-refractivity contribution is -0.117. The fraction of sp³-hybridized carbons (Fsp3) is 0.235. The Labute approximate surface area is 149 Å². The second-order valence-corrected chi connectivity index (χ2v) is 7.59. The first-order valence-electron chi connectivity index (χ1n) is 7.50. The number of carbonyl (C=O) groups excluding carboxylic acids is 1. The molecule has 2 heterocycles. The van der Waals surface area contributed by atoms with E-state index >= 15 is 0 Å². The Hall–Kier alpha value is -2.12. The number of rotatable bonds is 5. The van der Waals surface area contributed by atoms with E-state index in [1.807, 2.05) is 66.4 Å². The number of para-hydroxylation sites is 1. The summed E-state index contributed by atoms with van der Waals surface area (Å²) in [5.41, 5.74) is 0.882. The maximum atomic E-state index is 12.6. The summed E-state index contributed by atoms with van der Waals surface area (Å²) in [6.45, 7) is 1.89. The van der Waals surface area contributed by atoms with Gasteiger partial charge in [-0.15, -0.1) is 21.5 Å². The van der Waals surface area contributed by atoms with Crippen LogP contribution in [0.15, 0.2) is 53.0 Å². The molecular formula is C17H18N4OS2. The fourth-order valence-electron chi connectivity index (χ4n) is 2.30. The Kier molecular flexibility index (Phi) is 5.01. The molecule has 0 N–H and O–H groups in total. The lowest BCUT2D eigenvalue weighted by Crippen LogP contribution is -2.33. The molecule has 5 nitrogen and oxygen atoms in total. The van der Waals surface area contributed by atoms with E-state index in [1.54, 1.807) is 23.3 Å².